The lowest BCUT2D eigenvalue weighted by molar-refractivity contribution is 0.0979. The Kier molecular flexibility index (Phi) is 5.26. The maximum atomic E-state index is 13.3. The quantitative estimate of drug-likeness (QED) is 0.483. The van der Waals surface area contributed by atoms with E-state index >= 15 is 0 Å². The summed E-state index contributed by atoms with van der Waals surface area (Å²) in [5.41, 5.74) is 2.90. The lowest BCUT2D eigenvalue weighted by Gasteiger charge is -2.18. The van der Waals surface area contributed by atoms with Crippen molar-refractivity contribution >= 4 is 32.6 Å². The molecule has 0 aliphatic heterocycles. The third-order valence-corrected chi connectivity index (χ3v) is 5.56. The van der Waals surface area contributed by atoms with Crippen LogP contribution in [0, 0.1) is 6.92 Å². The van der Waals surface area contributed by atoms with E-state index in [1.807, 2.05) is 57.3 Å². The van der Waals surface area contributed by atoms with Crippen molar-refractivity contribution in [2.24, 2.45) is 7.05 Å². The monoisotopic (exact) mass is 407 g/mol. The van der Waals surface area contributed by atoms with E-state index in [9.17, 15) is 4.79 Å². The number of amides is 1. The summed E-state index contributed by atoms with van der Waals surface area (Å²) in [5.74, 6) is 0.585. The van der Waals surface area contributed by atoms with Crippen molar-refractivity contribution in [3.63, 3.8) is 0 Å². The van der Waals surface area contributed by atoms with Crippen molar-refractivity contribution in [1.82, 2.24) is 19.7 Å². The maximum Gasteiger partial charge on any atom is 0.280 e. The molecule has 4 rings (SSSR count). The fourth-order valence-electron chi connectivity index (χ4n) is 2.95. The van der Waals surface area contributed by atoms with E-state index in [1.54, 1.807) is 21.8 Å². The number of rotatable bonds is 6. The normalized spacial score (nSPS) is 11.0. The number of anilines is 1. The molecule has 3 heterocycles. The molecule has 0 aliphatic carbocycles. The van der Waals surface area contributed by atoms with Crippen LogP contribution < -0.4 is 9.64 Å². The van der Waals surface area contributed by atoms with Crippen LogP contribution in [0.25, 0.3) is 10.2 Å². The molecule has 0 spiro atoms. The van der Waals surface area contributed by atoms with Gasteiger partial charge in [0.15, 0.2) is 10.8 Å². The first-order valence-electron chi connectivity index (χ1n) is 9.31. The Labute approximate surface area is 172 Å². The number of benzene rings is 1. The molecule has 148 valence electrons. The second-order valence-electron chi connectivity index (χ2n) is 6.57. The highest BCUT2D eigenvalue weighted by molar-refractivity contribution is 7.22. The first kappa shape index (κ1) is 19.1. The lowest BCUT2D eigenvalue weighted by atomic mass is 10.3. The van der Waals surface area contributed by atoms with Crippen LogP contribution in [0.1, 0.15) is 28.8 Å². The Balaban J connectivity index is 1.74. The third-order valence-electron chi connectivity index (χ3n) is 4.51. The second kappa shape index (κ2) is 8.00. The summed E-state index contributed by atoms with van der Waals surface area (Å²) < 4.78 is 8.24. The minimum Gasteiger partial charge on any atom is -0.494 e. The van der Waals surface area contributed by atoms with Crippen LogP contribution >= 0.6 is 11.3 Å². The zero-order chi connectivity index (χ0) is 20.4. The number of aryl methyl sites for hydroxylation is 2. The fourth-order valence-corrected chi connectivity index (χ4v) is 3.94. The lowest BCUT2D eigenvalue weighted by Crippen LogP contribution is -2.31. The van der Waals surface area contributed by atoms with E-state index in [1.165, 1.54) is 11.3 Å². The number of fused-ring (bicyclic) bond motifs is 1. The minimum absolute atomic E-state index is 0.205. The van der Waals surface area contributed by atoms with Gasteiger partial charge in [-0.3, -0.25) is 19.4 Å². The minimum atomic E-state index is -0.205. The molecule has 0 radical (unpaired) electrons. The summed E-state index contributed by atoms with van der Waals surface area (Å²) in [6.45, 7) is 4.78. The van der Waals surface area contributed by atoms with Gasteiger partial charge in [0.1, 0.15) is 5.75 Å². The number of ether oxygens (including phenoxy) is 1. The second-order valence-corrected chi connectivity index (χ2v) is 7.58. The van der Waals surface area contributed by atoms with E-state index in [0.29, 0.717) is 24.0 Å². The average Bonchev–Trinajstić information content (AvgIpc) is 3.29. The van der Waals surface area contributed by atoms with Crippen LogP contribution in [0.15, 0.2) is 48.7 Å². The van der Waals surface area contributed by atoms with E-state index in [-0.39, 0.29) is 5.91 Å². The smallest absolute Gasteiger partial charge is 0.280 e. The van der Waals surface area contributed by atoms with Crippen LogP contribution in [0.4, 0.5) is 5.13 Å². The van der Waals surface area contributed by atoms with Crippen molar-refractivity contribution in [3.8, 4) is 5.75 Å². The molecule has 7 nitrogen and oxygen atoms in total. The number of hydrogen-bond donors (Lipinski definition) is 0. The summed E-state index contributed by atoms with van der Waals surface area (Å²) in [4.78, 5) is 24.0. The molecule has 0 saturated heterocycles. The van der Waals surface area contributed by atoms with Crippen molar-refractivity contribution < 1.29 is 9.53 Å². The summed E-state index contributed by atoms with van der Waals surface area (Å²) >= 11 is 1.45. The van der Waals surface area contributed by atoms with Crippen LogP contribution in [0.5, 0.6) is 5.75 Å². The standard InChI is InChI=1S/C21H21N5O2S/c1-4-28-16-8-9-17-19(12-16)29-21(23-17)26(13-15-7-5-6-10-22-15)20(27)18-11-14(2)25(3)24-18/h5-12H,4,13H2,1-3H3. The number of carbonyl (C=O) groups is 1. The molecule has 0 atom stereocenters. The van der Waals surface area contributed by atoms with Crippen LogP contribution in [-0.2, 0) is 13.6 Å². The fraction of sp³-hybridized carbons (Fsp3) is 0.238. The highest BCUT2D eigenvalue weighted by Gasteiger charge is 2.24. The van der Waals surface area contributed by atoms with Crippen LogP contribution in [0.2, 0.25) is 0 Å². The van der Waals surface area contributed by atoms with Gasteiger partial charge in [-0.15, -0.1) is 0 Å². The zero-order valence-electron chi connectivity index (χ0n) is 16.5. The number of aromatic nitrogens is 4. The highest BCUT2D eigenvalue weighted by atomic mass is 32.1. The molecule has 1 amide bonds. The first-order chi connectivity index (χ1) is 14.0. The zero-order valence-corrected chi connectivity index (χ0v) is 17.3. The number of hydrogen-bond acceptors (Lipinski definition) is 6. The molecule has 0 fully saturated rings. The van der Waals surface area contributed by atoms with Crippen molar-refractivity contribution in [1.29, 1.82) is 0 Å². The van der Waals surface area contributed by atoms with Gasteiger partial charge in [0.2, 0.25) is 0 Å². The third kappa shape index (κ3) is 3.97. The average molecular weight is 407 g/mol. The topological polar surface area (TPSA) is 73.1 Å². The molecule has 8 heteroatoms. The predicted octanol–water partition coefficient (Wildman–Crippen LogP) is 3.98. The molecule has 0 N–H and O–H groups in total. The molecular formula is C21H21N5O2S. The molecule has 3 aromatic heterocycles. The summed E-state index contributed by atoms with van der Waals surface area (Å²) in [6, 6.07) is 13.2. The van der Waals surface area contributed by atoms with Gasteiger partial charge in [0.25, 0.3) is 5.91 Å². The molecule has 0 saturated carbocycles. The highest BCUT2D eigenvalue weighted by Crippen LogP contribution is 2.33. The van der Waals surface area contributed by atoms with Gasteiger partial charge in [-0.05, 0) is 50.2 Å². The Bertz CT molecular complexity index is 1130. The van der Waals surface area contributed by atoms with E-state index in [2.05, 4.69) is 10.1 Å². The predicted molar refractivity (Wildman–Crippen MR) is 113 cm³/mol. The van der Waals surface area contributed by atoms with Gasteiger partial charge in [-0.25, -0.2) is 4.98 Å². The van der Waals surface area contributed by atoms with Gasteiger partial charge < -0.3 is 4.74 Å². The number of thiazole rings is 1. The summed E-state index contributed by atoms with van der Waals surface area (Å²) in [6.07, 6.45) is 1.72. The van der Waals surface area contributed by atoms with Crippen LogP contribution in [0.3, 0.4) is 0 Å². The number of pyridine rings is 1. The molecule has 29 heavy (non-hydrogen) atoms. The Morgan fingerprint density at radius 1 is 1.24 bits per heavy atom. The molecule has 4 aromatic rings. The van der Waals surface area contributed by atoms with Crippen LogP contribution in [-0.4, -0.2) is 32.3 Å². The van der Waals surface area contributed by atoms with E-state index in [4.69, 9.17) is 9.72 Å². The van der Waals surface area contributed by atoms with Gasteiger partial charge >= 0.3 is 0 Å². The van der Waals surface area contributed by atoms with E-state index in [0.717, 1.165) is 27.4 Å². The largest absolute Gasteiger partial charge is 0.494 e. The van der Waals surface area contributed by atoms with Crippen molar-refractivity contribution in [2.75, 3.05) is 11.5 Å². The SMILES string of the molecule is CCOc1ccc2nc(N(Cc3ccccn3)C(=O)c3cc(C)n(C)n3)sc2c1. The molecule has 0 unspecified atom stereocenters. The Hall–Kier alpha value is -3.26. The van der Waals surface area contributed by atoms with E-state index < -0.39 is 0 Å². The van der Waals surface area contributed by atoms with Crippen molar-refractivity contribution in [3.05, 3.63) is 65.7 Å². The first-order valence-corrected chi connectivity index (χ1v) is 10.1. The maximum absolute atomic E-state index is 13.3. The van der Waals surface area contributed by atoms with Gasteiger partial charge in [-0.1, -0.05) is 17.4 Å². The summed E-state index contributed by atoms with van der Waals surface area (Å²) in [5, 5.41) is 4.96. The van der Waals surface area contributed by atoms with Crippen molar-refractivity contribution in [2.45, 2.75) is 20.4 Å². The molecular weight excluding hydrogens is 386 g/mol. The summed E-state index contributed by atoms with van der Waals surface area (Å²) in [7, 11) is 1.82. The number of nitrogens with zero attached hydrogens (tertiary/aromatic N) is 5. The Morgan fingerprint density at radius 3 is 2.79 bits per heavy atom. The van der Waals surface area contributed by atoms with Gasteiger partial charge in [0, 0.05) is 18.9 Å². The van der Waals surface area contributed by atoms with Gasteiger partial charge in [-0.2, -0.15) is 5.10 Å². The van der Waals surface area contributed by atoms with Gasteiger partial charge in [0.05, 0.1) is 29.1 Å². The number of carbonyl (C=O) groups excluding carboxylic acids is 1. The molecule has 0 aliphatic rings. The Morgan fingerprint density at radius 2 is 2.10 bits per heavy atom. The molecule has 1 aromatic carbocycles. The molecule has 0 bridgehead atoms.